The fourth-order valence-corrected chi connectivity index (χ4v) is 2.32. The van der Waals surface area contributed by atoms with E-state index in [4.69, 9.17) is 4.42 Å². The highest BCUT2D eigenvalue weighted by Gasteiger charge is 2.42. The quantitative estimate of drug-likeness (QED) is 0.826. The molecule has 0 aromatic carbocycles. The van der Waals surface area contributed by atoms with Crippen LogP contribution in [0.1, 0.15) is 30.5 Å². The Morgan fingerprint density at radius 3 is 2.95 bits per heavy atom. The lowest BCUT2D eigenvalue weighted by molar-refractivity contribution is 0.203. The maximum atomic E-state index is 9.40. The van der Waals surface area contributed by atoms with Gasteiger partial charge in [-0.3, -0.25) is 0 Å². The molecular weight excluding hydrogens is 242 g/mol. The average Bonchev–Trinajstić information content (AvgIpc) is 2.81. The number of nitrogens with one attached hydrogen (secondary N) is 1. The van der Waals surface area contributed by atoms with Crippen LogP contribution in [0.5, 0.6) is 0 Å². The minimum Gasteiger partial charge on any atom is -0.467 e. The van der Waals surface area contributed by atoms with Crippen LogP contribution < -0.4 is 5.32 Å². The van der Waals surface area contributed by atoms with Crippen molar-refractivity contribution < 1.29 is 9.52 Å². The van der Waals surface area contributed by atoms with E-state index in [1.54, 1.807) is 12.5 Å². The summed E-state index contributed by atoms with van der Waals surface area (Å²) in [5.74, 6) is 1.77. The molecule has 0 spiro atoms. The predicted molar refractivity (Wildman–Crippen MR) is 70.5 cm³/mol. The van der Waals surface area contributed by atoms with Crippen LogP contribution in [0.3, 0.4) is 0 Å². The fraction of sp³-hybridized carbons (Fsp3) is 0.500. The first kappa shape index (κ1) is 12.4. The third kappa shape index (κ3) is 2.43. The van der Waals surface area contributed by atoms with Crippen LogP contribution in [0, 0.1) is 5.41 Å². The van der Waals surface area contributed by atoms with Gasteiger partial charge in [-0.15, -0.1) is 0 Å². The zero-order valence-electron chi connectivity index (χ0n) is 11.0. The summed E-state index contributed by atoms with van der Waals surface area (Å²) in [5, 5.41) is 12.9. The predicted octanol–water partition coefficient (Wildman–Crippen LogP) is 1.46. The molecule has 3 rings (SSSR count). The molecule has 102 valence electrons. The Bertz CT molecular complexity index is 529. The van der Waals surface area contributed by atoms with Crippen LogP contribution in [0.2, 0.25) is 0 Å². The van der Waals surface area contributed by atoms with Crippen molar-refractivity contribution in [2.75, 3.05) is 13.2 Å². The summed E-state index contributed by atoms with van der Waals surface area (Å²) >= 11 is 0. The number of aliphatic hydroxyl groups excluding tert-OH is 1. The van der Waals surface area contributed by atoms with Gasteiger partial charge in [0.1, 0.15) is 17.6 Å². The normalized spacial score (nSPS) is 18.4. The van der Waals surface area contributed by atoms with Gasteiger partial charge in [-0.05, 0) is 25.0 Å². The van der Waals surface area contributed by atoms with E-state index in [1.165, 1.54) is 0 Å². The number of aromatic nitrogens is 2. The highest BCUT2D eigenvalue weighted by molar-refractivity contribution is 5.16. The Hall–Kier alpha value is -1.59. The molecule has 0 amide bonds. The second kappa shape index (κ2) is 4.83. The Morgan fingerprint density at radius 1 is 1.58 bits per heavy atom. The number of furan rings is 1. The summed E-state index contributed by atoms with van der Waals surface area (Å²) in [6.45, 7) is 1.02. The van der Waals surface area contributed by atoms with Crippen molar-refractivity contribution in [2.45, 2.75) is 18.9 Å². The van der Waals surface area contributed by atoms with Gasteiger partial charge in [0, 0.05) is 38.0 Å². The molecule has 0 bridgehead atoms. The van der Waals surface area contributed by atoms with E-state index < -0.39 is 0 Å². The molecule has 1 atom stereocenters. The fourth-order valence-electron chi connectivity index (χ4n) is 2.32. The molecule has 2 aromatic rings. The van der Waals surface area contributed by atoms with Crippen LogP contribution in [-0.2, 0) is 7.05 Å². The SMILES string of the molecule is Cn1ccnc1C(NCC1(CO)CC1)c1ccco1. The molecule has 1 fully saturated rings. The summed E-state index contributed by atoms with van der Waals surface area (Å²) in [5.41, 5.74) is 0.0655. The molecule has 19 heavy (non-hydrogen) atoms. The van der Waals surface area contributed by atoms with Gasteiger partial charge in [-0.1, -0.05) is 0 Å². The van der Waals surface area contributed by atoms with Crippen molar-refractivity contribution in [1.82, 2.24) is 14.9 Å². The maximum absolute atomic E-state index is 9.40. The lowest BCUT2D eigenvalue weighted by atomic mass is 10.1. The first-order chi connectivity index (χ1) is 9.24. The summed E-state index contributed by atoms with van der Waals surface area (Å²) in [6.07, 6.45) is 7.55. The van der Waals surface area contributed by atoms with Crippen molar-refractivity contribution in [3.63, 3.8) is 0 Å². The van der Waals surface area contributed by atoms with Crippen molar-refractivity contribution in [3.8, 4) is 0 Å². The topological polar surface area (TPSA) is 63.2 Å². The Morgan fingerprint density at radius 2 is 2.42 bits per heavy atom. The van der Waals surface area contributed by atoms with Gasteiger partial charge in [0.25, 0.3) is 0 Å². The number of aliphatic hydroxyl groups is 1. The first-order valence-electron chi connectivity index (χ1n) is 6.59. The smallest absolute Gasteiger partial charge is 0.133 e. The molecular formula is C14H19N3O2. The monoisotopic (exact) mass is 261 g/mol. The number of hydrogen-bond donors (Lipinski definition) is 2. The number of imidazole rings is 1. The van der Waals surface area contributed by atoms with E-state index in [1.807, 2.05) is 29.9 Å². The first-order valence-corrected chi connectivity index (χ1v) is 6.59. The van der Waals surface area contributed by atoms with Gasteiger partial charge < -0.3 is 19.4 Å². The van der Waals surface area contributed by atoms with Gasteiger partial charge in [-0.2, -0.15) is 0 Å². The molecule has 1 unspecified atom stereocenters. The van der Waals surface area contributed by atoms with Crippen LogP contribution in [0.15, 0.2) is 35.2 Å². The zero-order valence-corrected chi connectivity index (χ0v) is 11.0. The van der Waals surface area contributed by atoms with E-state index in [2.05, 4.69) is 10.3 Å². The summed E-state index contributed by atoms with van der Waals surface area (Å²) in [6, 6.07) is 3.76. The van der Waals surface area contributed by atoms with Crippen LogP contribution >= 0.6 is 0 Å². The molecule has 0 saturated heterocycles. The second-order valence-corrected chi connectivity index (χ2v) is 5.38. The zero-order chi connectivity index (χ0) is 13.3. The van der Waals surface area contributed by atoms with Gasteiger partial charge in [0.2, 0.25) is 0 Å². The lowest BCUT2D eigenvalue weighted by Gasteiger charge is -2.20. The highest BCUT2D eigenvalue weighted by Crippen LogP contribution is 2.44. The van der Waals surface area contributed by atoms with Crippen molar-refractivity contribution >= 4 is 0 Å². The van der Waals surface area contributed by atoms with E-state index in [9.17, 15) is 5.11 Å². The van der Waals surface area contributed by atoms with Crippen molar-refractivity contribution in [1.29, 1.82) is 0 Å². The lowest BCUT2D eigenvalue weighted by Crippen LogP contribution is -2.32. The molecule has 2 heterocycles. The molecule has 0 radical (unpaired) electrons. The Balaban J connectivity index is 1.79. The van der Waals surface area contributed by atoms with E-state index in [0.717, 1.165) is 31.0 Å². The van der Waals surface area contributed by atoms with Crippen LogP contribution in [0.25, 0.3) is 0 Å². The van der Waals surface area contributed by atoms with E-state index in [-0.39, 0.29) is 18.1 Å². The van der Waals surface area contributed by atoms with Crippen molar-refractivity contribution in [2.24, 2.45) is 12.5 Å². The van der Waals surface area contributed by atoms with Crippen LogP contribution in [-0.4, -0.2) is 27.8 Å². The number of nitrogens with zero attached hydrogens (tertiary/aromatic N) is 2. The molecule has 1 saturated carbocycles. The third-order valence-electron chi connectivity index (χ3n) is 3.92. The summed E-state index contributed by atoms with van der Waals surface area (Å²) in [4.78, 5) is 4.40. The van der Waals surface area contributed by atoms with Crippen molar-refractivity contribution in [3.05, 3.63) is 42.4 Å². The average molecular weight is 261 g/mol. The van der Waals surface area contributed by atoms with Gasteiger partial charge >= 0.3 is 0 Å². The Kier molecular flexibility index (Phi) is 3.16. The highest BCUT2D eigenvalue weighted by atomic mass is 16.3. The largest absolute Gasteiger partial charge is 0.467 e. The van der Waals surface area contributed by atoms with Gasteiger partial charge in [-0.25, -0.2) is 4.98 Å². The van der Waals surface area contributed by atoms with Crippen LogP contribution in [0.4, 0.5) is 0 Å². The molecule has 5 heteroatoms. The van der Waals surface area contributed by atoms with Gasteiger partial charge in [0.15, 0.2) is 0 Å². The Labute approximate surface area is 112 Å². The number of rotatable bonds is 6. The van der Waals surface area contributed by atoms with Gasteiger partial charge in [0.05, 0.1) is 6.26 Å². The minimum atomic E-state index is -0.0703. The number of aryl methyl sites for hydroxylation is 1. The standard InChI is InChI=1S/C14H19N3O2/c1-17-7-6-15-13(17)12(11-3-2-8-19-11)16-9-14(10-18)4-5-14/h2-3,6-8,12,16,18H,4-5,9-10H2,1H3. The molecule has 5 nitrogen and oxygen atoms in total. The molecule has 2 aromatic heterocycles. The second-order valence-electron chi connectivity index (χ2n) is 5.38. The number of hydrogen-bond acceptors (Lipinski definition) is 4. The maximum Gasteiger partial charge on any atom is 0.133 e. The molecule has 1 aliphatic rings. The summed E-state index contributed by atoms with van der Waals surface area (Å²) in [7, 11) is 1.97. The molecule has 1 aliphatic carbocycles. The molecule has 2 N–H and O–H groups in total. The summed E-state index contributed by atoms with van der Waals surface area (Å²) < 4.78 is 7.50. The minimum absolute atomic E-state index is 0.0655. The van der Waals surface area contributed by atoms with E-state index >= 15 is 0 Å². The molecule has 0 aliphatic heterocycles. The van der Waals surface area contributed by atoms with E-state index in [0.29, 0.717) is 0 Å². The third-order valence-corrected chi connectivity index (χ3v) is 3.92.